The Bertz CT molecular complexity index is 216. The van der Waals surface area contributed by atoms with Crippen molar-refractivity contribution in [2.75, 3.05) is 5.73 Å². The van der Waals surface area contributed by atoms with Crippen molar-refractivity contribution in [3.05, 3.63) is 10.9 Å². The van der Waals surface area contributed by atoms with E-state index in [-0.39, 0.29) is 0 Å². The fourth-order valence-corrected chi connectivity index (χ4v) is 1.63. The highest BCUT2D eigenvalue weighted by Crippen LogP contribution is 2.12. The number of thiophene rings is 1. The summed E-state index contributed by atoms with van der Waals surface area (Å²) in [6, 6.07) is 0. The van der Waals surface area contributed by atoms with Crippen molar-refractivity contribution in [3.63, 3.8) is 0 Å². The summed E-state index contributed by atoms with van der Waals surface area (Å²) in [4.78, 5) is 0. The van der Waals surface area contributed by atoms with E-state index >= 15 is 0 Å². The maximum atomic E-state index is 8.76. The number of aryl methyl sites for hydroxylation is 1. The Kier molecular flexibility index (Phi) is 1.98. The van der Waals surface area contributed by atoms with Gasteiger partial charge in [-0.2, -0.15) is 0 Å². The number of nitrogen functional groups attached to an aromatic ring is 1. The maximum Gasteiger partial charge on any atom is 0.491 e. The van der Waals surface area contributed by atoms with Gasteiger partial charge in [-0.05, 0) is 17.9 Å². The zero-order chi connectivity index (χ0) is 7.72. The number of hydrogen-bond donors (Lipinski definition) is 3. The predicted octanol–water partition coefficient (Wildman–Crippen LogP) is -0.681. The smallest absolute Gasteiger partial charge is 0.423 e. The zero-order valence-electron chi connectivity index (χ0n) is 5.53. The lowest BCUT2D eigenvalue weighted by Crippen LogP contribution is -2.32. The van der Waals surface area contributed by atoms with Crippen molar-refractivity contribution < 1.29 is 10.0 Å². The van der Waals surface area contributed by atoms with Gasteiger partial charge in [0.05, 0.1) is 5.00 Å². The second-order valence-corrected chi connectivity index (χ2v) is 2.98. The van der Waals surface area contributed by atoms with Crippen LogP contribution in [-0.4, -0.2) is 17.2 Å². The molecular weight excluding hydrogens is 149 g/mol. The minimum absolute atomic E-state index is 0.435. The summed E-state index contributed by atoms with van der Waals surface area (Å²) in [5.41, 5.74) is 6.71. The summed E-state index contributed by atoms with van der Waals surface area (Å²) < 4.78 is 0. The molecule has 0 amide bonds. The molecule has 4 N–H and O–H groups in total. The molecule has 0 saturated carbocycles. The van der Waals surface area contributed by atoms with Crippen LogP contribution in [0.1, 0.15) is 5.56 Å². The van der Waals surface area contributed by atoms with E-state index in [0.29, 0.717) is 10.5 Å². The first kappa shape index (κ1) is 7.59. The lowest BCUT2D eigenvalue weighted by atomic mass is 9.79. The molecule has 0 fully saturated rings. The molecule has 1 aromatic rings. The van der Waals surface area contributed by atoms with Gasteiger partial charge in [0.25, 0.3) is 0 Å². The Balaban J connectivity index is 3.10. The van der Waals surface area contributed by atoms with Gasteiger partial charge in [0.2, 0.25) is 0 Å². The Labute approximate surface area is 63.3 Å². The Morgan fingerprint density at radius 2 is 2.20 bits per heavy atom. The van der Waals surface area contributed by atoms with Crippen molar-refractivity contribution >= 4 is 28.9 Å². The first-order valence-corrected chi connectivity index (χ1v) is 3.70. The lowest BCUT2D eigenvalue weighted by molar-refractivity contribution is 0.426. The highest BCUT2D eigenvalue weighted by atomic mass is 32.1. The molecule has 0 unspecified atom stereocenters. The molecule has 0 atom stereocenters. The predicted molar refractivity (Wildman–Crippen MR) is 43.3 cm³/mol. The van der Waals surface area contributed by atoms with Gasteiger partial charge in [-0.15, -0.1) is 11.3 Å². The fourth-order valence-electron chi connectivity index (χ4n) is 0.804. The molecule has 0 aliphatic heterocycles. The molecule has 0 aliphatic rings. The maximum absolute atomic E-state index is 8.76. The van der Waals surface area contributed by atoms with Gasteiger partial charge in [0.15, 0.2) is 0 Å². The first-order chi connectivity index (χ1) is 4.63. The van der Waals surface area contributed by atoms with Gasteiger partial charge in [-0.25, -0.2) is 0 Å². The molecule has 10 heavy (non-hydrogen) atoms. The number of rotatable bonds is 1. The summed E-state index contributed by atoms with van der Waals surface area (Å²) in [7, 11) is -1.44. The minimum Gasteiger partial charge on any atom is -0.423 e. The van der Waals surface area contributed by atoms with Crippen molar-refractivity contribution in [1.29, 1.82) is 0 Å². The number of anilines is 1. The Morgan fingerprint density at radius 1 is 1.60 bits per heavy atom. The average molecular weight is 157 g/mol. The first-order valence-electron chi connectivity index (χ1n) is 2.82. The van der Waals surface area contributed by atoms with Gasteiger partial charge in [-0.1, -0.05) is 0 Å². The number of nitrogens with two attached hydrogens (primary N) is 1. The third kappa shape index (κ3) is 1.16. The molecule has 0 aromatic carbocycles. The molecule has 54 valence electrons. The van der Waals surface area contributed by atoms with Gasteiger partial charge in [-0.3, -0.25) is 0 Å². The lowest BCUT2D eigenvalue weighted by Gasteiger charge is -1.97. The molecule has 1 aromatic heterocycles. The highest BCUT2D eigenvalue weighted by molar-refractivity contribution is 7.15. The summed E-state index contributed by atoms with van der Waals surface area (Å²) in [5, 5.41) is 19.8. The molecule has 0 aliphatic carbocycles. The van der Waals surface area contributed by atoms with E-state index in [1.54, 1.807) is 12.3 Å². The van der Waals surface area contributed by atoms with Crippen LogP contribution in [-0.2, 0) is 0 Å². The molecule has 0 radical (unpaired) electrons. The van der Waals surface area contributed by atoms with E-state index < -0.39 is 7.12 Å². The van der Waals surface area contributed by atoms with E-state index in [9.17, 15) is 0 Å². The SMILES string of the molecule is Cc1csc(N)c1B(O)O. The molecule has 1 heterocycles. The van der Waals surface area contributed by atoms with Crippen molar-refractivity contribution in [1.82, 2.24) is 0 Å². The monoisotopic (exact) mass is 157 g/mol. The van der Waals surface area contributed by atoms with Crippen LogP contribution in [0.25, 0.3) is 0 Å². The standard InChI is InChI=1S/C5H8BNO2S/c1-3-2-10-5(7)4(3)6(8)9/h2,8-9H,7H2,1H3. The molecular formula is C5H8BNO2S. The van der Waals surface area contributed by atoms with Gasteiger partial charge in [0.1, 0.15) is 0 Å². The van der Waals surface area contributed by atoms with Gasteiger partial charge in [0, 0.05) is 5.46 Å². The van der Waals surface area contributed by atoms with E-state index in [0.717, 1.165) is 5.56 Å². The van der Waals surface area contributed by atoms with Crippen LogP contribution in [0.15, 0.2) is 5.38 Å². The largest absolute Gasteiger partial charge is 0.491 e. The summed E-state index contributed by atoms with van der Waals surface area (Å²) >= 11 is 1.32. The quantitative estimate of drug-likeness (QED) is 0.473. The van der Waals surface area contributed by atoms with E-state index in [1.165, 1.54) is 11.3 Å². The Morgan fingerprint density at radius 3 is 2.40 bits per heavy atom. The molecule has 0 spiro atoms. The van der Waals surface area contributed by atoms with E-state index in [4.69, 9.17) is 15.8 Å². The van der Waals surface area contributed by atoms with Crippen molar-refractivity contribution in [3.8, 4) is 0 Å². The third-order valence-electron chi connectivity index (χ3n) is 1.31. The highest BCUT2D eigenvalue weighted by Gasteiger charge is 2.18. The van der Waals surface area contributed by atoms with Crippen LogP contribution in [0.3, 0.4) is 0 Å². The van der Waals surface area contributed by atoms with Gasteiger partial charge >= 0.3 is 7.12 Å². The van der Waals surface area contributed by atoms with Crippen LogP contribution >= 0.6 is 11.3 Å². The van der Waals surface area contributed by atoms with Crippen LogP contribution in [0.5, 0.6) is 0 Å². The summed E-state index contributed by atoms with van der Waals surface area (Å²) in [5.74, 6) is 0. The fraction of sp³-hybridized carbons (Fsp3) is 0.200. The van der Waals surface area contributed by atoms with E-state index in [1.807, 2.05) is 0 Å². The van der Waals surface area contributed by atoms with Crippen molar-refractivity contribution in [2.45, 2.75) is 6.92 Å². The third-order valence-corrected chi connectivity index (χ3v) is 2.26. The molecule has 0 bridgehead atoms. The summed E-state index contributed by atoms with van der Waals surface area (Å²) in [6.45, 7) is 1.79. The Hall–Kier alpha value is -0.515. The summed E-state index contributed by atoms with van der Waals surface area (Å²) in [6.07, 6.45) is 0. The van der Waals surface area contributed by atoms with Crippen molar-refractivity contribution in [2.24, 2.45) is 0 Å². The van der Waals surface area contributed by atoms with E-state index in [2.05, 4.69) is 0 Å². The van der Waals surface area contributed by atoms with Crippen LogP contribution < -0.4 is 11.2 Å². The van der Waals surface area contributed by atoms with Gasteiger partial charge < -0.3 is 15.8 Å². The molecule has 0 saturated heterocycles. The van der Waals surface area contributed by atoms with Crippen LogP contribution in [0.4, 0.5) is 5.00 Å². The topological polar surface area (TPSA) is 66.5 Å². The van der Waals surface area contributed by atoms with Crippen LogP contribution in [0, 0.1) is 6.92 Å². The zero-order valence-corrected chi connectivity index (χ0v) is 6.35. The van der Waals surface area contributed by atoms with Crippen LogP contribution in [0.2, 0.25) is 0 Å². The molecule has 1 rings (SSSR count). The minimum atomic E-state index is -1.44. The molecule has 5 heteroatoms. The second kappa shape index (κ2) is 2.61. The number of hydrogen-bond acceptors (Lipinski definition) is 4. The second-order valence-electron chi connectivity index (χ2n) is 2.07. The average Bonchev–Trinajstić information content (AvgIpc) is 2.11. The normalized spacial score (nSPS) is 9.90. The molecule has 3 nitrogen and oxygen atoms in total.